The molecule has 0 atom stereocenters. The Hall–Kier alpha value is -1.95. The fourth-order valence-corrected chi connectivity index (χ4v) is 2.67. The summed E-state index contributed by atoms with van der Waals surface area (Å²) >= 11 is 1.34. The van der Waals surface area contributed by atoms with Crippen LogP contribution in [0.3, 0.4) is 0 Å². The lowest BCUT2D eigenvalue weighted by molar-refractivity contribution is -0.117. The fourth-order valence-electron chi connectivity index (χ4n) is 2.10. The van der Waals surface area contributed by atoms with Crippen LogP contribution in [0.2, 0.25) is 0 Å². The zero-order valence-electron chi connectivity index (χ0n) is 11.8. The van der Waals surface area contributed by atoms with E-state index in [9.17, 15) is 4.79 Å². The molecule has 2 aromatic rings. The molecule has 0 saturated heterocycles. The third-order valence-corrected chi connectivity index (χ3v) is 3.78. The number of pyridine rings is 1. The highest BCUT2D eigenvalue weighted by Crippen LogP contribution is 2.24. The third kappa shape index (κ3) is 3.14. The van der Waals surface area contributed by atoms with E-state index in [0.717, 1.165) is 22.6 Å². The van der Waals surface area contributed by atoms with Gasteiger partial charge < -0.3 is 10.5 Å². The van der Waals surface area contributed by atoms with Crippen molar-refractivity contribution in [2.75, 3.05) is 12.8 Å². The van der Waals surface area contributed by atoms with Crippen molar-refractivity contribution in [3.8, 4) is 5.75 Å². The van der Waals surface area contributed by atoms with E-state index < -0.39 is 0 Å². The molecule has 6 heteroatoms. The number of ether oxygens (including phenoxy) is 1. The van der Waals surface area contributed by atoms with Gasteiger partial charge in [-0.15, -0.1) is 11.3 Å². The minimum atomic E-state index is 0.0665. The van der Waals surface area contributed by atoms with Crippen LogP contribution in [0.5, 0.6) is 5.75 Å². The summed E-state index contributed by atoms with van der Waals surface area (Å²) in [6, 6.07) is 0. The standard InChI is InChI=1S/C14H17N3O2S/c1-8-6-16-12(9(2)13(8)19-3)5-11(18)4-10-7-20-14(15)17-10/h6-7H,4-5H2,1-3H3,(H2,15,17). The van der Waals surface area contributed by atoms with E-state index in [4.69, 9.17) is 10.5 Å². The molecule has 0 aliphatic heterocycles. The number of nitrogen functional groups attached to an aromatic ring is 1. The molecule has 0 aliphatic rings. The van der Waals surface area contributed by atoms with Crippen LogP contribution in [0, 0.1) is 13.8 Å². The summed E-state index contributed by atoms with van der Waals surface area (Å²) in [6.45, 7) is 3.85. The first-order valence-corrected chi connectivity index (χ1v) is 7.10. The quantitative estimate of drug-likeness (QED) is 0.912. The van der Waals surface area contributed by atoms with Gasteiger partial charge in [0.1, 0.15) is 11.5 Å². The van der Waals surface area contributed by atoms with Gasteiger partial charge in [-0.1, -0.05) is 0 Å². The molecule has 0 spiro atoms. The van der Waals surface area contributed by atoms with Gasteiger partial charge in [-0.2, -0.15) is 0 Å². The largest absolute Gasteiger partial charge is 0.496 e. The molecule has 0 amide bonds. The molecule has 0 radical (unpaired) electrons. The van der Waals surface area contributed by atoms with Crippen molar-refractivity contribution in [3.05, 3.63) is 34.1 Å². The van der Waals surface area contributed by atoms with Crippen LogP contribution in [0.25, 0.3) is 0 Å². The van der Waals surface area contributed by atoms with Gasteiger partial charge in [0.05, 0.1) is 24.9 Å². The lowest BCUT2D eigenvalue weighted by Crippen LogP contribution is -2.10. The molecule has 2 rings (SSSR count). The van der Waals surface area contributed by atoms with E-state index in [1.807, 2.05) is 19.2 Å². The van der Waals surface area contributed by atoms with Crippen LogP contribution >= 0.6 is 11.3 Å². The molecular formula is C14H17N3O2S. The zero-order chi connectivity index (χ0) is 14.7. The van der Waals surface area contributed by atoms with Crippen molar-refractivity contribution in [1.29, 1.82) is 0 Å². The second-order valence-electron chi connectivity index (χ2n) is 4.62. The van der Waals surface area contributed by atoms with Gasteiger partial charge >= 0.3 is 0 Å². The summed E-state index contributed by atoms with van der Waals surface area (Å²) in [7, 11) is 1.62. The number of carbonyl (C=O) groups is 1. The number of hydrogen-bond donors (Lipinski definition) is 1. The number of rotatable bonds is 5. The van der Waals surface area contributed by atoms with Gasteiger partial charge in [0.15, 0.2) is 5.13 Å². The van der Waals surface area contributed by atoms with Crippen molar-refractivity contribution in [2.45, 2.75) is 26.7 Å². The molecule has 0 aliphatic carbocycles. The molecule has 5 nitrogen and oxygen atoms in total. The van der Waals surface area contributed by atoms with E-state index in [2.05, 4.69) is 9.97 Å². The Morgan fingerprint density at radius 1 is 1.40 bits per heavy atom. The summed E-state index contributed by atoms with van der Waals surface area (Å²) in [5, 5.41) is 2.29. The average Bonchev–Trinajstić information content (AvgIpc) is 2.79. The van der Waals surface area contributed by atoms with E-state index in [1.165, 1.54) is 11.3 Å². The fraction of sp³-hybridized carbons (Fsp3) is 0.357. The maximum atomic E-state index is 12.1. The Balaban J connectivity index is 2.12. The van der Waals surface area contributed by atoms with Crippen molar-refractivity contribution >= 4 is 22.3 Å². The highest BCUT2D eigenvalue weighted by atomic mass is 32.1. The van der Waals surface area contributed by atoms with Crippen LogP contribution in [0.4, 0.5) is 5.13 Å². The van der Waals surface area contributed by atoms with E-state index in [0.29, 0.717) is 10.8 Å². The first-order chi connectivity index (χ1) is 9.51. The lowest BCUT2D eigenvalue weighted by Gasteiger charge is -2.11. The summed E-state index contributed by atoms with van der Waals surface area (Å²) in [5.74, 6) is 0.859. The maximum absolute atomic E-state index is 12.1. The Bertz CT molecular complexity index is 637. The summed E-state index contributed by atoms with van der Waals surface area (Å²) in [6.07, 6.45) is 2.29. The molecular weight excluding hydrogens is 274 g/mol. The Kier molecular flexibility index (Phi) is 4.34. The number of hydrogen-bond acceptors (Lipinski definition) is 6. The van der Waals surface area contributed by atoms with Crippen LogP contribution in [0.15, 0.2) is 11.6 Å². The van der Waals surface area contributed by atoms with Gasteiger partial charge in [0, 0.05) is 29.1 Å². The first-order valence-electron chi connectivity index (χ1n) is 6.22. The molecule has 0 saturated carbocycles. The molecule has 106 valence electrons. The second-order valence-corrected chi connectivity index (χ2v) is 5.51. The number of anilines is 1. The molecule has 20 heavy (non-hydrogen) atoms. The highest BCUT2D eigenvalue weighted by molar-refractivity contribution is 7.13. The number of aryl methyl sites for hydroxylation is 1. The summed E-state index contributed by atoms with van der Waals surface area (Å²) < 4.78 is 5.34. The van der Waals surface area contributed by atoms with Crippen molar-refractivity contribution < 1.29 is 9.53 Å². The monoisotopic (exact) mass is 291 g/mol. The van der Waals surface area contributed by atoms with E-state index >= 15 is 0 Å². The Morgan fingerprint density at radius 3 is 2.75 bits per heavy atom. The van der Waals surface area contributed by atoms with Crippen LogP contribution in [-0.4, -0.2) is 22.9 Å². The SMILES string of the molecule is COc1c(C)cnc(CC(=O)Cc2csc(N)n2)c1C. The van der Waals surface area contributed by atoms with Crippen molar-refractivity contribution in [2.24, 2.45) is 0 Å². The molecule has 0 bridgehead atoms. The van der Waals surface area contributed by atoms with E-state index in [1.54, 1.807) is 13.3 Å². The predicted octanol–water partition coefficient (Wildman–Crippen LogP) is 2.10. The smallest absolute Gasteiger partial charge is 0.180 e. The molecule has 2 heterocycles. The number of Topliss-reactive ketones (excluding diaryl/α,β-unsaturated/α-hetero) is 1. The molecule has 0 unspecified atom stereocenters. The predicted molar refractivity (Wildman–Crippen MR) is 79.2 cm³/mol. The lowest BCUT2D eigenvalue weighted by atomic mass is 10.0. The van der Waals surface area contributed by atoms with Gasteiger partial charge in [0.2, 0.25) is 0 Å². The van der Waals surface area contributed by atoms with Crippen LogP contribution in [-0.2, 0) is 17.6 Å². The van der Waals surface area contributed by atoms with Crippen molar-refractivity contribution in [1.82, 2.24) is 9.97 Å². The number of carbonyl (C=O) groups excluding carboxylic acids is 1. The van der Waals surface area contributed by atoms with Gasteiger partial charge in [-0.25, -0.2) is 4.98 Å². The molecule has 0 aromatic carbocycles. The number of nitrogens with two attached hydrogens (primary N) is 1. The Labute approximate surface area is 121 Å². The molecule has 2 N–H and O–H groups in total. The van der Waals surface area contributed by atoms with Crippen molar-refractivity contribution in [3.63, 3.8) is 0 Å². The second kappa shape index (κ2) is 6.00. The maximum Gasteiger partial charge on any atom is 0.180 e. The number of ketones is 1. The number of methoxy groups -OCH3 is 1. The zero-order valence-corrected chi connectivity index (χ0v) is 12.6. The third-order valence-electron chi connectivity index (χ3n) is 3.06. The topological polar surface area (TPSA) is 78.1 Å². The van der Waals surface area contributed by atoms with Gasteiger partial charge in [-0.3, -0.25) is 9.78 Å². The minimum absolute atomic E-state index is 0.0665. The Morgan fingerprint density at radius 2 is 2.15 bits per heavy atom. The minimum Gasteiger partial charge on any atom is -0.496 e. The first kappa shape index (κ1) is 14.5. The normalized spacial score (nSPS) is 10.6. The van der Waals surface area contributed by atoms with Gasteiger partial charge in [-0.05, 0) is 13.8 Å². The number of thiazole rings is 1. The number of nitrogens with zero attached hydrogens (tertiary/aromatic N) is 2. The van der Waals surface area contributed by atoms with Crippen LogP contribution in [0.1, 0.15) is 22.5 Å². The summed E-state index contributed by atoms with van der Waals surface area (Å²) in [5.41, 5.74) is 8.90. The van der Waals surface area contributed by atoms with E-state index in [-0.39, 0.29) is 18.6 Å². The molecule has 0 fully saturated rings. The molecule has 2 aromatic heterocycles. The average molecular weight is 291 g/mol. The van der Waals surface area contributed by atoms with Crippen LogP contribution < -0.4 is 10.5 Å². The highest BCUT2D eigenvalue weighted by Gasteiger charge is 2.14. The van der Waals surface area contributed by atoms with Gasteiger partial charge in [0.25, 0.3) is 0 Å². The summed E-state index contributed by atoms with van der Waals surface area (Å²) in [4.78, 5) is 20.5. The number of aromatic nitrogens is 2.